The first-order chi connectivity index (χ1) is 11.3. The highest BCUT2D eigenvalue weighted by Gasteiger charge is 2.25. The summed E-state index contributed by atoms with van der Waals surface area (Å²) in [6, 6.07) is 5.29. The Morgan fingerprint density at radius 1 is 0.957 bits per heavy atom. The number of anilines is 1. The van der Waals surface area contributed by atoms with Crippen LogP contribution in [-0.4, -0.2) is 61.6 Å². The number of nitrogens with zero attached hydrogens (tertiary/aromatic N) is 7. The largest absolute Gasteiger partial charge is 0.337 e. The zero-order valence-corrected chi connectivity index (χ0v) is 12.4. The molecule has 0 saturated carbocycles. The van der Waals surface area contributed by atoms with Crippen LogP contribution in [0.3, 0.4) is 0 Å². The van der Waals surface area contributed by atoms with E-state index in [4.69, 9.17) is 0 Å². The standard InChI is InChI=1S/C15H15N7O/c23-14(12-11-13-16-5-2-6-22(13)19-12)20-7-9-21(10-8-20)15-17-3-1-4-18-15/h1-6,11H,7-10H2. The molecule has 3 aromatic heterocycles. The van der Waals surface area contributed by atoms with Gasteiger partial charge in [0.1, 0.15) is 0 Å². The van der Waals surface area contributed by atoms with Gasteiger partial charge < -0.3 is 9.80 Å². The lowest BCUT2D eigenvalue weighted by Gasteiger charge is -2.34. The fourth-order valence-electron chi connectivity index (χ4n) is 2.66. The van der Waals surface area contributed by atoms with Crippen LogP contribution in [0.1, 0.15) is 10.5 Å². The van der Waals surface area contributed by atoms with E-state index in [1.165, 1.54) is 0 Å². The van der Waals surface area contributed by atoms with Gasteiger partial charge in [0.15, 0.2) is 11.3 Å². The number of piperazine rings is 1. The Balaban J connectivity index is 1.46. The highest BCUT2D eigenvalue weighted by Crippen LogP contribution is 2.12. The van der Waals surface area contributed by atoms with Crippen LogP contribution >= 0.6 is 0 Å². The van der Waals surface area contributed by atoms with E-state index in [0.29, 0.717) is 43.5 Å². The number of hydrogen-bond acceptors (Lipinski definition) is 6. The van der Waals surface area contributed by atoms with Crippen LogP contribution in [-0.2, 0) is 0 Å². The summed E-state index contributed by atoms with van der Waals surface area (Å²) in [5, 5.41) is 4.29. The van der Waals surface area contributed by atoms with Crippen molar-refractivity contribution >= 4 is 17.5 Å². The Kier molecular flexibility index (Phi) is 3.34. The molecule has 23 heavy (non-hydrogen) atoms. The summed E-state index contributed by atoms with van der Waals surface area (Å²) in [6.07, 6.45) is 6.92. The van der Waals surface area contributed by atoms with Crippen LogP contribution in [0.2, 0.25) is 0 Å². The van der Waals surface area contributed by atoms with Crippen molar-refractivity contribution in [2.75, 3.05) is 31.1 Å². The van der Waals surface area contributed by atoms with Gasteiger partial charge in [-0.3, -0.25) is 4.79 Å². The Labute approximate surface area is 132 Å². The molecule has 1 saturated heterocycles. The second kappa shape index (κ2) is 5.64. The van der Waals surface area contributed by atoms with Crippen molar-refractivity contribution in [1.29, 1.82) is 0 Å². The van der Waals surface area contributed by atoms with Gasteiger partial charge in [0.25, 0.3) is 5.91 Å². The van der Waals surface area contributed by atoms with Gasteiger partial charge in [0.05, 0.1) is 0 Å². The van der Waals surface area contributed by atoms with Crippen molar-refractivity contribution in [2.45, 2.75) is 0 Å². The van der Waals surface area contributed by atoms with Crippen LogP contribution in [0.25, 0.3) is 5.65 Å². The number of aromatic nitrogens is 5. The van der Waals surface area contributed by atoms with E-state index >= 15 is 0 Å². The van der Waals surface area contributed by atoms with Crippen molar-refractivity contribution in [3.63, 3.8) is 0 Å². The van der Waals surface area contributed by atoms with Gasteiger partial charge in [-0.25, -0.2) is 19.5 Å². The van der Waals surface area contributed by atoms with Gasteiger partial charge in [0.2, 0.25) is 5.95 Å². The molecule has 1 aliphatic heterocycles. The molecular formula is C15H15N7O. The van der Waals surface area contributed by atoms with E-state index in [0.717, 1.165) is 0 Å². The third-order valence-corrected chi connectivity index (χ3v) is 3.86. The summed E-state index contributed by atoms with van der Waals surface area (Å²) in [7, 11) is 0. The minimum Gasteiger partial charge on any atom is -0.337 e. The Morgan fingerprint density at radius 3 is 2.43 bits per heavy atom. The minimum absolute atomic E-state index is 0.0656. The van der Waals surface area contributed by atoms with Gasteiger partial charge in [0, 0.05) is 57.0 Å². The number of carbonyl (C=O) groups is 1. The molecule has 8 nitrogen and oxygen atoms in total. The lowest BCUT2D eigenvalue weighted by Crippen LogP contribution is -2.49. The summed E-state index contributed by atoms with van der Waals surface area (Å²) in [5.41, 5.74) is 1.10. The van der Waals surface area contributed by atoms with E-state index in [1.54, 1.807) is 52.4 Å². The molecule has 116 valence electrons. The molecule has 0 spiro atoms. The monoisotopic (exact) mass is 309 g/mol. The van der Waals surface area contributed by atoms with Gasteiger partial charge in [-0.05, 0) is 12.1 Å². The van der Waals surface area contributed by atoms with Gasteiger partial charge >= 0.3 is 0 Å². The van der Waals surface area contributed by atoms with E-state index < -0.39 is 0 Å². The molecule has 1 amide bonds. The van der Waals surface area contributed by atoms with Crippen molar-refractivity contribution in [3.05, 3.63) is 48.7 Å². The van der Waals surface area contributed by atoms with Crippen LogP contribution in [0.4, 0.5) is 5.95 Å². The molecule has 3 aromatic rings. The number of amides is 1. The quantitative estimate of drug-likeness (QED) is 0.685. The van der Waals surface area contributed by atoms with Gasteiger partial charge in [-0.15, -0.1) is 0 Å². The van der Waals surface area contributed by atoms with Crippen molar-refractivity contribution < 1.29 is 4.79 Å². The normalized spacial score (nSPS) is 15.1. The average molecular weight is 309 g/mol. The second-order valence-electron chi connectivity index (χ2n) is 5.28. The predicted octanol–water partition coefficient (Wildman–Crippen LogP) is 0.482. The number of hydrogen-bond donors (Lipinski definition) is 0. The first kappa shape index (κ1) is 13.6. The van der Waals surface area contributed by atoms with E-state index in [2.05, 4.69) is 25.0 Å². The van der Waals surface area contributed by atoms with Crippen molar-refractivity contribution in [2.24, 2.45) is 0 Å². The lowest BCUT2D eigenvalue weighted by atomic mass is 10.3. The molecule has 0 atom stereocenters. The highest BCUT2D eigenvalue weighted by molar-refractivity contribution is 5.93. The molecular weight excluding hydrogens is 294 g/mol. The van der Waals surface area contributed by atoms with E-state index in [-0.39, 0.29) is 5.91 Å². The second-order valence-corrected chi connectivity index (χ2v) is 5.28. The first-order valence-corrected chi connectivity index (χ1v) is 7.43. The molecule has 0 aliphatic carbocycles. The summed E-state index contributed by atoms with van der Waals surface area (Å²) >= 11 is 0. The van der Waals surface area contributed by atoms with E-state index in [9.17, 15) is 4.79 Å². The van der Waals surface area contributed by atoms with Crippen molar-refractivity contribution in [1.82, 2.24) is 29.5 Å². The molecule has 0 N–H and O–H groups in total. The molecule has 0 aromatic carbocycles. The maximum absolute atomic E-state index is 12.6. The zero-order chi connectivity index (χ0) is 15.6. The van der Waals surface area contributed by atoms with Crippen molar-refractivity contribution in [3.8, 4) is 0 Å². The highest BCUT2D eigenvalue weighted by atomic mass is 16.2. The maximum atomic E-state index is 12.6. The third-order valence-electron chi connectivity index (χ3n) is 3.86. The number of rotatable bonds is 2. The van der Waals surface area contributed by atoms with Gasteiger partial charge in [-0.2, -0.15) is 5.10 Å². The predicted molar refractivity (Wildman–Crippen MR) is 83.1 cm³/mol. The number of carbonyl (C=O) groups excluding carboxylic acids is 1. The molecule has 0 bridgehead atoms. The van der Waals surface area contributed by atoms with Crippen LogP contribution < -0.4 is 4.90 Å². The fraction of sp³-hybridized carbons (Fsp3) is 0.267. The van der Waals surface area contributed by atoms with Crippen LogP contribution in [0, 0.1) is 0 Å². The molecule has 0 unspecified atom stereocenters. The van der Waals surface area contributed by atoms with Crippen LogP contribution in [0.5, 0.6) is 0 Å². The molecule has 4 heterocycles. The maximum Gasteiger partial charge on any atom is 0.274 e. The Bertz CT molecular complexity index is 791. The number of fused-ring (bicyclic) bond motifs is 1. The summed E-state index contributed by atoms with van der Waals surface area (Å²) in [5.74, 6) is 0.639. The lowest BCUT2D eigenvalue weighted by molar-refractivity contribution is 0.0740. The topological polar surface area (TPSA) is 79.5 Å². The molecule has 0 radical (unpaired) electrons. The third kappa shape index (κ3) is 2.59. The minimum atomic E-state index is -0.0656. The zero-order valence-electron chi connectivity index (χ0n) is 12.4. The molecule has 8 heteroatoms. The fourth-order valence-corrected chi connectivity index (χ4v) is 2.66. The molecule has 1 fully saturated rings. The molecule has 4 rings (SSSR count). The summed E-state index contributed by atoms with van der Waals surface area (Å²) in [6.45, 7) is 2.67. The van der Waals surface area contributed by atoms with Gasteiger partial charge in [-0.1, -0.05) is 0 Å². The molecule has 1 aliphatic rings. The average Bonchev–Trinajstić information content (AvgIpc) is 3.06. The SMILES string of the molecule is O=C(c1cc2ncccn2n1)N1CCN(c2ncccn2)CC1. The van der Waals surface area contributed by atoms with E-state index in [1.807, 2.05) is 0 Å². The summed E-state index contributed by atoms with van der Waals surface area (Å²) < 4.78 is 1.61. The Morgan fingerprint density at radius 2 is 1.70 bits per heavy atom. The van der Waals surface area contributed by atoms with Crippen LogP contribution in [0.15, 0.2) is 43.0 Å². The Hall–Kier alpha value is -3.03. The smallest absolute Gasteiger partial charge is 0.274 e. The summed E-state index contributed by atoms with van der Waals surface area (Å²) in [4.78, 5) is 29.1. The first-order valence-electron chi connectivity index (χ1n) is 7.43.